The Labute approximate surface area is 118 Å². The predicted octanol–water partition coefficient (Wildman–Crippen LogP) is 3.54. The summed E-state index contributed by atoms with van der Waals surface area (Å²) in [7, 11) is 0. The van der Waals surface area contributed by atoms with Crippen LogP contribution in [0.4, 0.5) is 10.5 Å². The summed E-state index contributed by atoms with van der Waals surface area (Å²) in [6, 6.07) is 5.54. The van der Waals surface area contributed by atoms with Gasteiger partial charge in [-0.2, -0.15) is 5.26 Å². The Morgan fingerprint density at radius 3 is 2.89 bits per heavy atom. The van der Waals surface area contributed by atoms with E-state index in [2.05, 4.69) is 5.32 Å². The van der Waals surface area contributed by atoms with Crippen molar-refractivity contribution in [2.45, 2.75) is 32.7 Å². The van der Waals surface area contributed by atoms with E-state index in [1.165, 1.54) is 0 Å². The average molecular weight is 278 g/mol. The van der Waals surface area contributed by atoms with Crippen LogP contribution in [-0.2, 0) is 0 Å². The predicted molar refractivity (Wildman–Crippen MR) is 75.3 cm³/mol. The van der Waals surface area contributed by atoms with Gasteiger partial charge >= 0.3 is 6.03 Å². The number of nitrogens with zero attached hydrogens (tertiary/aromatic N) is 2. The van der Waals surface area contributed by atoms with Crippen molar-refractivity contribution in [3.8, 4) is 6.07 Å². The van der Waals surface area contributed by atoms with Gasteiger partial charge in [-0.15, -0.1) is 0 Å². The summed E-state index contributed by atoms with van der Waals surface area (Å²) in [6.45, 7) is 4.63. The first-order chi connectivity index (χ1) is 9.04. The van der Waals surface area contributed by atoms with E-state index in [9.17, 15) is 4.79 Å². The van der Waals surface area contributed by atoms with Gasteiger partial charge in [0.1, 0.15) is 6.07 Å². The molecule has 0 aromatic heterocycles. The second-order valence-corrected chi connectivity index (χ2v) is 5.20. The van der Waals surface area contributed by atoms with Crippen molar-refractivity contribution in [1.29, 1.82) is 5.26 Å². The molecular weight excluding hydrogens is 262 g/mol. The van der Waals surface area contributed by atoms with Crippen LogP contribution >= 0.6 is 11.6 Å². The Bertz CT molecular complexity index is 550. The lowest BCUT2D eigenvalue weighted by Crippen LogP contribution is -2.37. The van der Waals surface area contributed by atoms with E-state index in [1.807, 2.05) is 17.9 Å². The standard InChI is InChI=1S/C14H16ClN3O/c1-9-4-3-7-18(9)14(19)17-12-6-5-11(8-16)13(15)10(12)2/h5-6,9H,3-4,7H2,1-2H3,(H,17,19). The molecule has 0 bridgehead atoms. The summed E-state index contributed by atoms with van der Waals surface area (Å²) in [5.74, 6) is 0. The van der Waals surface area contributed by atoms with Crippen molar-refractivity contribution in [3.05, 3.63) is 28.3 Å². The highest BCUT2D eigenvalue weighted by atomic mass is 35.5. The molecule has 100 valence electrons. The summed E-state index contributed by atoms with van der Waals surface area (Å²) in [5.41, 5.74) is 1.81. The van der Waals surface area contributed by atoms with Gasteiger partial charge in [-0.25, -0.2) is 4.79 Å². The molecule has 19 heavy (non-hydrogen) atoms. The van der Waals surface area contributed by atoms with Crippen LogP contribution in [0.3, 0.4) is 0 Å². The van der Waals surface area contributed by atoms with Crippen molar-refractivity contribution < 1.29 is 4.79 Å². The third kappa shape index (κ3) is 2.66. The highest BCUT2D eigenvalue weighted by molar-refractivity contribution is 6.33. The summed E-state index contributed by atoms with van der Waals surface area (Å²) in [6.07, 6.45) is 2.09. The van der Waals surface area contributed by atoms with Crippen LogP contribution in [0.15, 0.2) is 12.1 Å². The third-order valence-corrected chi connectivity index (χ3v) is 4.05. The number of urea groups is 1. The van der Waals surface area contributed by atoms with Gasteiger partial charge in [-0.1, -0.05) is 11.6 Å². The monoisotopic (exact) mass is 277 g/mol. The molecule has 1 heterocycles. The van der Waals surface area contributed by atoms with E-state index < -0.39 is 0 Å². The van der Waals surface area contributed by atoms with Crippen LogP contribution in [0.5, 0.6) is 0 Å². The lowest BCUT2D eigenvalue weighted by atomic mass is 10.1. The summed E-state index contributed by atoms with van der Waals surface area (Å²) in [5, 5.41) is 12.2. The molecular formula is C14H16ClN3O. The number of halogens is 1. The number of hydrogen-bond acceptors (Lipinski definition) is 2. The normalized spacial score (nSPS) is 18.2. The Morgan fingerprint density at radius 2 is 2.32 bits per heavy atom. The van der Waals surface area contributed by atoms with E-state index in [0.29, 0.717) is 16.3 Å². The molecule has 5 heteroatoms. The minimum Gasteiger partial charge on any atom is -0.322 e. The van der Waals surface area contributed by atoms with Crippen LogP contribution in [0, 0.1) is 18.3 Å². The molecule has 1 aliphatic heterocycles. The van der Waals surface area contributed by atoms with Crippen LogP contribution in [0.2, 0.25) is 5.02 Å². The molecule has 1 unspecified atom stereocenters. The Kier molecular flexibility index (Phi) is 3.96. The van der Waals surface area contributed by atoms with Crippen molar-refractivity contribution in [3.63, 3.8) is 0 Å². The molecule has 1 N–H and O–H groups in total. The second kappa shape index (κ2) is 5.50. The molecule has 1 fully saturated rings. The Balaban J connectivity index is 2.18. The highest BCUT2D eigenvalue weighted by Gasteiger charge is 2.25. The van der Waals surface area contributed by atoms with Crippen LogP contribution in [-0.4, -0.2) is 23.5 Å². The molecule has 0 spiro atoms. The summed E-state index contributed by atoms with van der Waals surface area (Å²) >= 11 is 6.08. The maximum absolute atomic E-state index is 12.1. The van der Waals surface area contributed by atoms with Crippen molar-refractivity contribution in [2.75, 3.05) is 11.9 Å². The number of carbonyl (C=O) groups excluding carboxylic acids is 1. The SMILES string of the molecule is Cc1c(NC(=O)N2CCCC2C)ccc(C#N)c1Cl. The first kappa shape index (κ1) is 13.7. The number of anilines is 1. The summed E-state index contributed by atoms with van der Waals surface area (Å²) < 4.78 is 0. The molecule has 0 aliphatic carbocycles. The topological polar surface area (TPSA) is 56.1 Å². The van der Waals surface area contributed by atoms with Crippen molar-refractivity contribution in [2.24, 2.45) is 0 Å². The first-order valence-electron chi connectivity index (χ1n) is 6.31. The maximum Gasteiger partial charge on any atom is 0.322 e. The molecule has 2 amide bonds. The molecule has 4 nitrogen and oxygen atoms in total. The summed E-state index contributed by atoms with van der Waals surface area (Å²) in [4.78, 5) is 14.0. The number of nitrogens with one attached hydrogen (secondary N) is 1. The average Bonchev–Trinajstić information content (AvgIpc) is 2.81. The smallest absolute Gasteiger partial charge is 0.322 e. The van der Waals surface area contributed by atoms with Gasteiger partial charge in [-0.3, -0.25) is 0 Å². The van der Waals surface area contributed by atoms with Gasteiger partial charge in [0, 0.05) is 18.3 Å². The van der Waals surface area contributed by atoms with E-state index >= 15 is 0 Å². The lowest BCUT2D eigenvalue weighted by molar-refractivity contribution is 0.210. The number of nitriles is 1. The fourth-order valence-electron chi connectivity index (χ4n) is 2.33. The van der Waals surface area contributed by atoms with Crippen molar-refractivity contribution in [1.82, 2.24) is 4.90 Å². The Hall–Kier alpha value is -1.73. The van der Waals surface area contributed by atoms with E-state index in [1.54, 1.807) is 19.1 Å². The molecule has 0 radical (unpaired) electrons. The molecule has 1 aromatic rings. The van der Waals surface area contributed by atoms with Crippen LogP contribution < -0.4 is 5.32 Å². The van der Waals surface area contributed by atoms with Crippen molar-refractivity contribution >= 4 is 23.3 Å². The van der Waals surface area contributed by atoms with E-state index in [-0.39, 0.29) is 12.1 Å². The lowest BCUT2D eigenvalue weighted by Gasteiger charge is -2.22. The second-order valence-electron chi connectivity index (χ2n) is 4.83. The molecule has 1 saturated heterocycles. The largest absolute Gasteiger partial charge is 0.322 e. The van der Waals surface area contributed by atoms with Gasteiger partial charge in [0.25, 0.3) is 0 Å². The minimum atomic E-state index is -0.103. The zero-order chi connectivity index (χ0) is 14.0. The molecule has 1 atom stereocenters. The molecule has 1 aromatic carbocycles. The highest BCUT2D eigenvalue weighted by Crippen LogP contribution is 2.27. The fraction of sp³-hybridized carbons (Fsp3) is 0.429. The number of rotatable bonds is 1. The quantitative estimate of drug-likeness (QED) is 0.854. The Morgan fingerprint density at radius 1 is 1.58 bits per heavy atom. The number of carbonyl (C=O) groups is 1. The molecule has 0 saturated carbocycles. The van der Waals surface area contributed by atoms with Gasteiger partial charge in [0.05, 0.1) is 10.6 Å². The number of likely N-dealkylation sites (tertiary alicyclic amines) is 1. The zero-order valence-electron chi connectivity index (χ0n) is 11.0. The first-order valence-corrected chi connectivity index (χ1v) is 6.69. The van der Waals surface area contributed by atoms with Gasteiger partial charge in [0.15, 0.2) is 0 Å². The van der Waals surface area contributed by atoms with E-state index in [4.69, 9.17) is 16.9 Å². The van der Waals surface area contributed by atoms with E-state index in [0.717, 1.165) is 24.9 Å². The minimum absolute atomic E-state index is 0.103. The van der Waals surface area contributed by atoms with Crippen LogP contribution in [0.1, 0.15) is 30.9 Å². The van der Waals surface area contributed by atoms with Gasteiger partial charge < -0.3 is 10.2 Å². The van der Waals surface area contributed by atoms with Gasteiger partial charge in [0.2, 0.25) is 0 Å². The molecule has 2 rings (SSSR count). The zero-order valence-corrected chi connectivity index (χ0v) is 11.8. The van der Waals surface area contributed by atoms with Crippen LogP contribution in [0.25, 0.3) is 0 Å². The maximum atomic E-state index is 12.1. The number of amides is 2. The number of benzene rings is 1. The van der Waals surface area contributed by atoms with Gasteiger partial charge in [-0.05, 0) is 44.4 Å². The third-order valence-electron chi connectivity index (χ3n) is 3.56. The fourth-order valence-corrected chi connectivity index (χ4v) is 2.54. The molecule has 1 aliphatic rings. The number of hydrogen-bond donors (Lipinski definition) is 1.